The van der Waals surface area contributed by atoms with Gasteiger partial charge < -0.3 is 19.3 Å². The number of hydrogen-bond acceptors (Lipinski definition) is 8. The molecule has 0 radical (unpaired) electrons. The van der Waals surface area contributed by atoms with E-state index in [0.29, 0.717) is 77.5 Å². The molecule has 0 heterocycles. The first-order chi connectivity index (χ1) is 20.4. The Hall–Kier alpha value is -4.72. The van der Waals surface area contributed by atoms with Crippen LogP contribution in [0, 0.1) is 0 Å². The van der Waals surface area contributed by atoms with E-state index in [9.17, 15) is 24.3 Å². The molecule has 0 unspecified atom stereocenters. The minimum atomic E-state index is -0.545. The Labute approximate surface area is 253 Å². The number of aryl methyl sites for hydroxylation is 2. The standard InChI is InChI=1S/C35H40O8/c1-23(2)33(38)41-17-9-7-11-26-19-28(12-8-10-18-42-34(39)24(3)4)32(37)29(20-26)21-30(22-36)27-13-15-31(16-14-27)43-35(40)25(5)6/h13-16,19-22,37H,1,3,5,7-12,17-18H2,2,4,6H3/b30-21+. The minimum Gasteiger partial charge on any atom is -0.507 e. The van der Waals surface area contributed by atoms with Crippen LogP contribution in [0.3, 0.4) is 0 Å². The molecule has 8 heteroatoms. The number of benzene rings is 2. The summed E-state index contributed by atoms with van der Waals surface area (Å²) in [5.74, 6) is -1.02. The van der Waals surface area contributed by atoms with Gasteiger partial charge >= 0.3 is 17.9 Å². The van der Waals surface area contributed by atoms with E-state index in [0.717, 1.165) is 12.0 Å². The summed E-state index contributed by atoms with van der Waals surface area (Å²) in [4.78, 5) is 47.1. The maximum Gasteiger partial charge on any atom is 0.338 e. The molecule has 0 aromatic heterocycles. The zero-order valence-corrected chi connectivity index (χ0v) is 25.2. The largest absolute Gasteiger partial charge is 0.507 e. The maximum atomic E-state index is 12.1. The van der Waals surface area contributed by atoms with Gasteiger partial charge in [-0.05, 0) is 100 Å². The van der Waals surface area contributed by atoms with Gasteiger partial charge in [0, 0.05) is 27.9 Å². The molecule has 0 saturated carbocycles. The monoisotopic (exact) mass is 588 g/mol. The number of aromatic hydroxyl groups is 1. The van der Waals surface area contributed by atoms with Crippen LogP contribution in [-0.4, -0.2) is 42.5 Å². The van der Waals surface area contributed by atoms with Gasteiger partial charge in [0.25, 0.3) is 0 Å². The predicted octanol–water partition coefficient (Wildman–Crippen LogP) is 6.50. The van der Waals surface area contributed by atoms with E-state index in [2.05, 4.69) is 19.7 Å². The molecule has 0 bridgehead atoms. The summed E-state index contributed by atoms with van der Waals surface area (Å²) < 4.78 is 15.6. The fraction of sp³-hybridized carbons (Fsp3) is 0.314. The number of rotatable bonds is 17. The van der Waals surface area contributed by atoms with Crippen LogP contribution in [0.4, 0.5) is 0 Å². The van der Waals surface area contributed by atoms with Gasteiger partial charge in [0.2, 0.25) is 0 Å². The van der Waals surface area contributed by atoms with Crippen LogP contribution in [0.2, 0.25) is 0 Å². The maximum absolute atomic E-state index is 12.1. The Morgan fingerprint density at radius 2 is 1.30 bits per heavy atom. The Balaban J connectivity index is 2.25. The van der Waals surface area contributed by atoms with Crippen molar-refractivity contribution in [1.29, 1.82) is 0 Å². The fourth-order valence-electron chi connectivity index (χ4n) is 3.92. The van der Waals surface area contributed by atoms with Crippen LogP contribution in [0.25, 0.3) is 11.6 Å². The topological polar surface area (TPSA) is 116 Å². The number of hydrogen-bond donors (Lipinski definition) is 1. The minimum absolute atomic E-state index is 0.0597. The number of phenolic OH excluding ortho intramolecular Hbond substituents is 1. The summed E-state index contributed by atoms with van der Waals surface area (Å²) in [6.07, 6.45) is 6.15. The SMILES string of the molecule is C=C(C)C(=O)OCCCCc1cc(/C=C(\C=O)c2ccc(OC(=O)C(=C)C)cc2)c(O)c(CCCCOC(=O)C(=C)C)c1. The highest BCUT2D eigenvalue weighted by Crippen LogP contribution is 2.31. The number of ether oxygens (including phenoxy) is 3. The van der Waals surface area contributed by atoms with Crippen molar-refractivity contribution in [1.82, 2.24) is 0 Å². The van der Waals surface area contributed by atoms with Crippen LogP contribution < -0.4 is 4.74 Å². The van der Waals surface area contributed by atoms with Crippen molar-refractivity contribution < 1.29 is 38.5 Å². The molecule has 2 aromatic carbocycles. The number of carbonyl (C=O) groups excluding carboxylic acids is 4. The average Bonchev–Trinajstić information content (AvgIpc) is 2.97. The van der Waals surface area contributed by atoms with Crippen molar-refractivity contribution in [2.75, 3.05) is 13.2 Å². The third-order valence-corrected chi connectivity index (χ3v) is 6.33. The first-order valence-electron chi connectivity index (χ1n) is 14.1. The van der Waals surface area contributed by atoms with E-state index in [1.807, 2.05) is 12.1 Å². The third-order valence-electron chi connectivity index (χ3n) is 6.33. The molecule has 2 aromatic rings. The molecule has 0 fully saturated rings. The van der Waals surface area contributed by atoms with E-state index < -0.39 is 17.9 Å². The molecule has 0 aliphatic heterocycles. The number of allylic oxidation sites excluding steroid dienone is 1. The van der Waals surface area contributed by atoms with Crippen LogP contribution >= 0.6 is 0 Å². The van der Waals surface area contributed by atoms with E-state index in [4.69, 9.17) is 14.2 Å². The molecule has 8 nitrogen and oxygen atoms in total. The molecule has 43 heavy (non-hydrogen) atoms. The Kier molecular flexibility index (Phi) is 13.9. The van der Waals surface area contributed by atoms with Crippen LogP contribution in [0.1, 0.15) is 68.7 Å². The smallest absolute Gasteiger partial charge is 0.338 e. The molecule has 1 N–H and O–H groups in total. The van der Waals surface area contributed by atoms with Crippen molar-refractivity contribution in [2.24, 2.45) is 0 Å². The van der Waals surface area contributed by atoms with Crippen molar-refractivity contribution >= 4 is 35.8 Å². The van der Waals surface area contributed by atoms with Crippen molar-refractivity contribution in [3.63, 3.8) is 0 Å². The van der Waals surface area contributed by atoms with Gasteiger partial charge in [-0.1, -0.05) is 37.9 Å². The van der Waals surface area contributed by atoms with E-state index in [1.165, 1.54) is 0 Å². The molecule has 2 rings (SSSR count). The second kappa shape index (κ2) is 17.3. The Bertz CT molecular complexity index is 1400. The summed E-state index contributed by atoms with van der Waals surface area (Å²) in [6.45, 7) is 16.0. The van der Waals surface area contributed by atoms with E-state index >= 15 is 0 Å². The lowest BCUT2D eigenvalue weighted by Crippen LogP contribution is -2.08. The van der Waals surface area contributed by atoms with Gasteiger partial charge in [-0.3, -0.25) is 4.79 Å². The van der Waals surface area contributed by atoms with Crippen LogP contribution in [0.15, 0.2) is 72.9 Å². The van der Waals surface area contributed by atoms with Crippen molar-refractivity contribution in [3.8, 4) is 11.5 Å². The lowest BCUT2D eigenvalue weighted by atomic mass is 9.95. The molecule has 0 aliphatic carbocycles. The van der Waals surface area contributed by atoms with Crippen LogP contribution in [0.5, 0.6) is 11.5 Å². The quantitative estimate of drug-likeness (QED) is 0.0556. The first-order valence-corrected chi connectivity index (χ1v) is 14.1. The number of phenols is 1. The molecule has 0 spiro atoms. The predicted molar refractivity (Wildman–Crippen MR) is 166 cm³/mol. The molecular formula is C35H40O8. The molecule has 0 amide bonds. The third kappa shape index (κ3) is 11.6. The molecule has 228 valence electrons. The number of esters is 3. The lowest BCUT2D eigenvalue weighted by molar-refractivity contribution is -0.139. The normalized spacial score (nSPS) is 10.9. The summed E-state index contributed by atoms with van der Waals surface area (Å²) >= 11 is 0. The zero-order valence-electron chi connectivity index (χ0n) is 25.2. The molecule has 0 atom stereocenters. The van der Waals surface area contributed by atoms with E-state index in [-0.39, 0.29) is 24.5 Å². The Morgan fingerprint density at radius 1 is 0.767 bits per heavy atom. The number of aldehydes is 1. The second-order valence-corrected chi connectivity index (χ2v) is 10.4. The highest BCUT2D eigenvalue weighted by atomic mass is 16.5. The Morgan fingerprint density at radius 3 is 1.81 bits per heavy atom. The molecule has 0 saturated heterocycles. The summed E-state index contributed by atoms with van der Waals surface area (Å²) in [5.41, 5.74) is 4.00. The van der Waals surface area contributed by atoms with E-state index in [1.54, 1.807) is 51.1 Å². The van der Waals surface area contributed by atoms with Crippen LogP contribution in [-0.2, 0) is 41.5 Å². The number of unbranched alkanes of at least 4 members (excludes halogenated alkanes) is 2. The molecule has 0 aliphatic rings. The molecular weight excluding hydrogens is 548 g/mol. The summed E-state index contributed by atoms with van der Waals surface area (Å²) in [5, 5.41) is 11.2. The first kappa shape index (κ1) is 34.5. The number of carbonyl (C=O) groups is 4. The zero-order chi connectivity index (χ0) is 31.9. The van der Waals surface area contributed by atoms with Gasteiger partial charge in [0.1, 0.15) is 11.5 Å². The van der Waals surface area contributed by atoms with Crippen molar-refractivity contribution in [2.45, 2.75) is 59.3 Å². The van der Waals surface area contributed by atoms with Crippen molar-refractivity contribution in [3.05, 3.63) is 95.1 Å². The summed E-state index contributed by atoms with van der Waals surface area (Å²) in [7, 11) is 0. The fourth-order valence-corrected chi connectivity index (χ4v) is 3.92. The van der Waals surface area contributed by atoms with Gasteiger partial charge in [-0.2, -0.15) is 0 Å². The second-order valence-electron chi connectivity index (χ2n) is 10.4. The highest BCUT2D eigenvalue weighted by Gasteiger charge is 2.13. The van der Waals surface area contributed by atoms with Gasteiger partial charge in [0.15, 0.2) is 6.29 Å². The van der Waals surface area contributed by atoms with Gasteiger partial charge in [-0.25, -0.2) is 14.4 Å². The van der Waals surface area contributed by atoms with Gasteiger partial charge in [-0.15, -0.1) is 0 Å². The lowest BCUT2D eigenvalue weighted by Gasteiger charge is -2.13. The highest BCUT2D eigenvalue weighted by molar-refractivity contribution is 6.13. The van der Waals surface area contributed by atoms with Gasteiger partial charge in [0.05, 0.1) is 13.2 Å². The average molecular weight is 589 g/mol. The summed E-state index contributed by atoms with van der Waals surface area (Å²) in [6, 6.07) is 10.2.